The number of nitrogens with two attached hydrogens (primary N) is 1. The Morgan fingerprint density at radius 1 is 1.35 bits per heavy atom. The Hall–Kier alpha value is -1.19. The molecule has 0 aliphatic carbocycles. The van der Waals surface area contributed by atoms with Crippen molar-refractivity contribution in [1.82, 2.24) is 4.98 Å². The van der Waals surface area contributed by atoms with Gasteiger partial charge >= 0.3 is 0 Å². The summed E-state index contributed by atoms with van der Waals surface area (Å²) >= 11 is 7.53. The Labute approximate surface area is 110 Å². The highest BCUT2D eigenvalue weighted by Crippen LogP contribution is 2.30. The lowest BCUT2D eigenvalue weighted by Gasteiger charge is -2.07. The van der Waals surface area contributed by atoms with E-state index in [-0.39, 0.29) is 0 Å². The summed E-state index contributed by atoms with van der Waals surface area (Å²) in [5.74, 6) is 0.818. The van der Waals surface area contributed by atoms with Crippen LogP contribution in [0.1, 0.15) is 11.3 Å². The molecule has 2 aromatic rings. The first kappa shape index (κ1) is 12.3. The summed E-state index contributed by atoms with van der Waals surface area (Å²) < 4.78 is 0. The maximum atomic E-state index is 5.90. The summed E-state index contributed by atoms with van der Waals surface area (Å²) in [5.41, 5.74) is 8.91. The van der Waals surface area contributed by atoms with Crippen LogP contribution >= 0.6 is 23.4 Å². The molecule has 88 valence electrons. The van der Waals surface area contributed by atoms with Crippen molar-refractivity contribution in [3.8, 4) is 0 Å². The van der Waals surface area contributed by atoms with E-state index in [1.807, 2.05) is 24.4 Å². The van der Waals surface area contributed by atoms with Crippen molar-refractivity contribution in [3.63, 3.8) is 0 Å². The van der Waals surface area contributed by atoms with Crippen molar-refractivity contribution in [2.45, 2.75) is 17.6 Å². The van der Waals surface area contributed by atoms with Crippen molar-refractivity contribution in [1.29, 1.82) is 0 Å². The van der Waals surface area contributed by atoms with Crippen LogP contribution in [0.15, 0.2) is 41.4 Å². The molecule has 0 saturated carbocycles. The first-order chi connectivity index (χ1) is 8.16. The largest absolute Gasteiger partial charge is 0.398 e. The summed E-state index contributed by atoms with van der Waals surface area (Å²) in [6.45, 7) is 2.06. The molecule has 17 heavy (non-hydrogen) atoms. The Balaban J connectivity index is 2.10. The zero-order valence-electron chi connectivity index (χ0n) is 9.48. The molecule has 0 unspecified atom stereocenters. The minimum Gasteiger partial charge on any atom is -0.398 e. The molecule has 0 amide bonds. The van der Waals surface area contributed by atoms with Gasteiger partial charge in [-0.1, -0.05) is 17.7 Å². The summed E-state index contributed by atoms with van der Waals surface area (Å²) in [6, 6.07) is 9.58. The van der Waals surface area contributed by atoms with Crippen LogP contribution in [0.25, 0.3) is 0 Å². The molecule has 0 radical (unpaired) electrons. The molecular weight excluding hydrogens is 252 g/mol. The Bertz CT molecular complexity index is 529. The number of thioether (sulfide) groups is 1. The maximum Gasteiger partial charge on any atom is 0.0535 e. The molecule has 0 spiro atoms. The molecule has 0 aliphatic rings. The standard InChI is InChI=1S/C13H13ClN2S/c1-9-3-2-6-16-12(9)8-17-13-5-4-10(14)7-11(13)15/h2-7H,8,15H2,1H3. The van der Waals surface area contributed by atoms with E-state index in [0.717, 1.165) is 22.0 Å². The molecule has 1 aromatic carbocycles. The van der Waals surface area contributed by atoms with Gasteiger partial charge in [0, 0.05) is 27.6 Å². The number of nitrogen functional groups attached to an aromatic ring is 1. The molecular formula is C13H13ClN2S. The summed E-state index contributed by atoms with van der Waals surface area (Å²) in [6.07, 6.45) is 1.81. The van der Waals surface area contributed by atoms with E-state index in [0.29, 0.717) is 5.02 Å². The minimum atomic E-state index is 0.667. The average Bonchev–Trinajstić information content (AvgIpc) is 2.30. The lowest BCUT2D eigenvalue weighted by molar-refractivity contribution is 1.13. The normalized spacial score (nSPS) is 10.5. The summed E-state index contributed by atoms with van der Waals surface area (Å²) in [5, 5.41) is 0.667. The van der Waals surface area contributed by atoms with E-state index >= 15 is 0 Å². The third kappa shape index (κ3) is 3.14. The second kappa shape index (κ2) is 5.43. The highest BCUT2D eigenvalue weighted by molar-refractivity contribution is 7.98. The highest BCUT2D eigenvalue weighted by atomic mass is 35.5. The van der Waals surface area contributed by atoms with Crippen LogP contribution in [0.5, 0.6) is 0 Å². The van der Waals surface area contributed by atoms with Gasteiger partial charge in [0.1, 0.15) is 0 Å². The van der Waals surface area contributed by atoms with Gasteiger partial charge in [0.25, 0.3) is 0 Å². The lowest BCUT2D eigenvalue weighted by atomic mass is 10.2. The van der Waals surface area contributed by atoms with Gasteiger partial charge in [-0.2, -0.15) is 0 Å². The third-order valence-electron chi connectivity index (χ3n) is 2.45. The van der Waals surface area contributed by atoms with Crippen LogP contribution in [0.3, 0.4) is 0 Å². The van der Waals surface area contributed by atoms with Crippen LogP contribution in [0.4, 0.5) is 5.69 Å². The van der Waals surface area contributed by atoms with E-state index in [9.17, 15) is 0 Å². The summed E-state index contributed by atoms with van der Waals surface area (Å²) in [4.78, 5) is 5.39. The van der Waals surface area contributed by atoms with Gasteiger partial charge in [-0.3, -0.25) is 4.98 Å². The number of rotatable bonds is 3. The number of nitrogens with zero attached hydrogens (tertiary/aromatic N) is 1. The predicted octanol–water partition coefficient (Wildman–Crippen LogP) is 3.92. The fraction of sp³-hybridized carbons (Fsp3) is 0.154. The van der Waals surface area contributed by atoms with Crippen LogP contribution in [0.2, 0.25) is 5.02 Å². The Morgan fingerprint density at radius 2 is 2.18 bits per heavy atom. The Kier molecular flexibility index (Phi) is 3.92. The van der Waals surface area contributed by atoms with E-state index < -0.39 is 0 Å². The van der Waals surface area contributed by atoms with E-state index in [4.69, 9.17) is 17.3 Å². The van der Waals surface area contributed by atoms with Crippen LogP contribution in [-0.2, 0) is 5.75 Å². The molecule has 2 rings (SSSR count). The molecule has 0 atom stereocenters. The second-order valence-corrected chi connectivity index (χ2v) is 5.19. The zero-order valence-corrected chi connectivity index (χ0v) is 11.1. The topological polar surface area (TPSA) is 38.9 Å². The number of hydrogen-bond donors (Lipinski definition) is 1. The van der Waals surface area contributed by atoms with Gasteiger partial charge < -0.3 is 5.73 Å². The minimum absolute atomic E-state index is 0.667. The summed E-state index contributed by atoms with van der Waals surface area (Å²) in [7, 11) is 0. The second-order valence-electron chi connectivity index (χ2n) is 3.74. The molecule has 0 saturated heterocycles. The van der Waals surface area contributed by atoms with Crippen LogP contribution in [0, 0.1) is 6.92 Å². The fourth-order valence-electron chi connectivity index (χ4n) is 1.47. The third-order valence-corrected chi connectivity index (χ3v) is 3.79. The molecule has 1 heterocycles. The SMILES string of the molecule is Cc1cccnc1CSc1ccc(Cl)cc1N. The van der Waals surface area contributed by atoms with E-state index in [2.05, 4.69) is 18.0 Å². The van der Waals surface area contributed by atoms with Crippen molar-refractivity contribution in [2.75, 3.05) is 5.73 Å². The number of hydrogen-bond acceptors (Lipinski definition) is 3. The molecule has 4 heteroatoms. The first-order valence-corrected chi connectivity index (χ1v) is 6.61. The van der Waals surface area contributed by atoms with E-state index in [1.54, 1.807) is 17.8 Å². The number of benzene rings is 1. The highest BCUT2D eigenvalue weighted by Gasteiger charge is 2.04. The Morgan fingerprint density at radius 3 is 2.88 bits per heavy atom. The molecule has 2 nitrogen and oxygen atoms in total. The molecule has 2 N–H and O–H groups in total. The monoisotopic (exact) mass is 264 g/mol. The number of aromatic nitrogens is 1. The number of halogens is 1. The first-order valence-electron chi connectivity index (χ1n) is 5.25. The quantitative estimate of drug-likeness (QED) is 0.675. The van der Waals surface area contributed by atoms with Crippen LogP contribution < -0.4 is 5.73 Å². The van der Waals surface area contributed by atoms with Gasteiger partial charge in [0.05, 0.1) is 5.69 Å². The van der Waals surface area contributed by atoms with Gasteiger partial charge in [-0.25, -0.2) is 0 Å². The number of anilines is 1. The fourth-order valence-corrected chi connectivity index (χ4v) is 2.63. The molecule has 1 aromatic heterocycles. The molecule has 0 aliphatic heterocycles. The van der Waals surface area contributed by atoms with Gasteiger partial charge in [-0.05, 0) is 36.8 Å². The zero-order chi connectivity index (χ0) is 12.3. The number of pyridine rings is 1. The molecule has 0 fully saturated rings. The predicted molar refractivity (Wildman–Crippen MR) is 74.4 cm³/mol. The maximum absolute atomic E-state index is 5.90. The van der Waals surface area contributed by atoms with Crippen LogP contribution in [-0.4, -0.2) is 4.98 Å². The van der Waals surface area contributed by atoms with E-state index in [1.165, 1.54) is 5.56 Å². The smallest absolute Gasteiger partial charge is 0.0535 e. The lowest BCUT2D eigenvalue weighted by Crippen LogP contribution is -1.92. The van der Waals surface area contributed by atoms with Crippen molar-refractivity contribution in [3.05, 3.63) is 52.8 Å². The van der Waals surface area contributed by atoms with Gasteiger partial charge in [0.2, 0.25) is 0 Å². The van der Waals surface area contributed by atoms with Crippen molar-refractivity contribution in [2.24, 2.45) is 0 Å². The van der Waals surface area contributed by atoms with Gasteiger partial charge in [0.15, 0.2) is 0 Å². The van der Waals surface area contributed by atoms with Crippen molar-refractivity contribution < 1.29 is 0 Å². The van der Waals surface area contributed by atoms with Gasteiger partial charge in [-0.15, -0.1) is 11.8 Å². The number of aryl methyl sites for hydroxylation is 1. The van der Waals surface area contributed by atoms with Crippen molar-refractivity contribution >= 4 is 29.1 Å². The molecule has 0 bridgehead atoms. The average molecular weight is 265 g/mol.